The van der Waals surface area contributed by atoms with E-state index in [-0.39, 0.29) is 5.91 Å². The highest BCUT2D eigenvalue weighted by atomic mass is 16.3. The fourth-order valence-corrected chi connectivity index (χ4v) is 5.20. The van der Waals surface area contributed by atoms with Crippen LogP contribution in [0.25, 0.3) is 22.6 Å². The molecule has 1 atom stereocenters. The molecule has 0 spiro atoms. The Kier molecular flexibility index (Phi) is 6.79. The molecule has 3 aromatic rings. The summed E-state index contributed by atoms with van der Waals surface area (Å²) in [6, 6.07) is 11.9. The molecule has 1 saturated heterocycles. The van der Waals surface area contributed by atoms with Crippen molar-refractivity contribution in [3.8, 4) is 0 Å². The number of nitrogens with one attached hydrogen (secondary N) is 1. The van der Waals surface area contributed by atoms with Gasteiger partial charge in [0.15, 0.2) is 0 Å². The number of hydrogen-bond donors (Lipinski definition) is 1. The van der Waals surface area contributed by atoms with Crippen LogP contribution in [0.5, 0.6) is 0 Å². The molecule has 1 fully saturated rings. The van der Waals surface area contributed by atoms with E-state index in [1.165, 1.54) is 0 Å². The molecular weight excluding hydrogens is 424 g/mol. The number of amides is 1. The number of pyridine rings is 1. The monoisotopic (exact) mass is 458 g/mol. The summed E-state index contributed by atoms with van der Waals surface area (Å²) in [5.41, 5.74) is 4.79. The number of rotatable bonds is 6. The summed E-state index contributed by atoms with van der Waals surface area (Å²) < 4.78 is 5.58. The Labute approximate surface area is 201 Å². The maximum absolute atomic E-state index is 13.6. The summed E-state index contributed by atoms with van der Waals surface area (Å²) in [6.45, 7) is 8.40. The number of nitrogens with zero attached hydrogens (tertiary/aromatic N) is 3. The molecule has 178 valence electrons. The number of likely N-dealkylation sites (N-methyl/N-ethyl adjacent to an activating group) is 1. The summed E-state index contributed by atoms with van der Waals surface area (Å²) in [6.07, 6.45) is 6.50. The van der Waals surface area contributed by atoms with E-state index in [0.717, 1.165) is 91.0 Å². The maximum atomic E-state index is 13.6. The van der Waals surface area contributed by atoms with Crippen molar-refractivity contribution in [1.29, 1.82) is 0 Å². The lowest BCUT2D eigenvalue weighted by molar-refractivity contribution is 0.0950. The van der Waals surface area contributed by atoms with E-state index in [1.807, 2.05) is 36.4 Å². The zero-order chi connectivity index (χ0) is 23.5. The summed E-state index contributed by atoms with van der Waals surface area (Å²) in [4.78, 5) is 23.4. The van der Waals surface area contributed by atoms with Crippen molar-refractivity contribution < 1.29 is 9.21 Å². The van der Waals surface area contributed by atoms with Crippen LogP contribution in [-0.2, 0) is 6.42 Å². The predicted molar refractivity (Wildman–Crippen MR) is 137 cm³/mol. The average Bonchev–Trinajstić information content (AvgIpc) is 3.35. The van der Waals surface area contributed by atoms with Crippen molar-refractivity contribution >= 4 is 28.5 Å². The molecule has 5 rings (SSSR count). The quantitative estimate of drug-likeness (QED) is 0.558. The van der Waals surface area contributed by atoms with Gasteiger partial charge in [-0.05, 0) is 74.2 Å². The molecule has 6 heteroatoms. The fourth-order valence-electron chi connectivity index (χ4n) is 5.20. The number of aromatic nitrogens is 1. The topological polar surface area (TPSA) is 61.6 Å². The number of benzene rings is 1. The molecule has 1 aliphatic heterocycles. The lowest BCUT2D eigenvalue weighted by atomic mass is 9.80. The van der Waals surface area contributed by atoms with Gasteiger partial charge in [-0.15, -0.1) is 0 Å². The van der Waals surface area contributed by atoms with Crippen LogP contribution in [0, 0.1) is 5.92 Å². The van der Waals surface area contributed by atoms with Gasteiger partial charge in [0.25, 0.3) is 5.91 Å². The third-order valence-electron chi connectivity index (χ3n) is 7.04. The third-order valence-corrected chi connectivity index (χ3v) is 7.04. The second-order valence-electron chi connectivity index (χ2n) is 9.78. The number of piperazine rings is 1. The van der Waals surface area contributed by atoms with E-state index in [4.69, 9.17) is 9.40 Å². The Hall–Kier alpha value is -2.96. The average molecular weight is 459 g/mol. The fraction of sp³-hybridized carbons (Fsp3) is 0.429. The molecule has 1 aromatic carbocycles. The molecule has 2 aliphatic rings. The van der Waals surface area contributed by atoms with Crippen molar-refractivity contribution in [2.75, 3.05) is 46.3 Å². The van der Waals surface area contributed by atoms with Crippen LogP contribution in [0.3, 0.4) is 0 Å². The van der Waals surface area contributed by atoms with Crippen LogP contribution >= 0.6 is 0 Å². The number of fused-ring (bicyclic) bond motifs is 2. The van der Waals surface area contributed by atoms with Crippen LogP contribution in [0.2, 0.25) is 0 Å². The second kappa shape index (κ2) is 10.1. The number of para-hydroxylation sites is 1. The molecule has 1 amide bonds. The normalized spacial score (nSPS) is 20.5. The summed E-state index contributed by atoms with van der Waals surface area (Å²) in [5, 5.41) is 4.16. The van der Waals surface area contributed by atoms with Crippen molar-refractivity contribution in [3.63, 3.8) is 0 Å². The number of carbonyl (C=O) groups excluding carboxylic acids is 1. The third kappa shape index (κ3) is 4.93. The largest absolute Gasteiger partial charge is 0.465 e. The minimum Gasteiger partial charge on any atom is -0.465 e. The second-order valence-corrected chi connectivity index (χ2v) is 9.78. The zero-order valence-electron chi connectivity index (χ0n) is 20.2. The molecule has 1 aliphatic carbocycles. The lowest BCUT2D eigenvalue weighted by Gasteiger charge is -2.32. The summed E-state index contributed by atoms with van der Waals surface area (Å²) in [7, 11) is 2.17. The van der Waals surface area contributed by atoms with Gasteiger partial charge in [-0.3, -0.25) is 4.79 Å². The first-order chi connectivity index (χ1) is 16.6. The maximum Gasteiger partial charge on any atom is 0.252 e. The minimum atomic E-state index is 0.0136. The van der Waals surface area contributed by atoms with Crippen LogP contribution in [0.1, 0.15) is 47.1 Å². The Morgan fingerprint density at radius 3 is 2.76 bits per heavy atom. The smallest absolute Gasteiger partial charge is 0.252 e. The molecule has 0 bridgehead atoms. The lowest BCUT2D eigenvalue weighted by Crippen LogP contribution is -2.45. The molecule has 3 heterocycles. The van der Waals surface area contributed by atoms with Crippen LogP contribution in [-0.4, -0.2) is 67.0 Å². The Morgan fingerprint density at radius 2 is 1.97 bits per heavy atom. The SMILES string of the molecule is CC1CC(=Cc2ccco2)c2nc3ccccc3c(C(=O)NCCCN3CCN(C)CC3)c2C1. The summed E-state index contributed by atoms with van der Waals surface area (Å²) in [5.74, 6) is 1.26. The van der Waals surface area contributed by atoms with E-state index in [0.29, 0.717) is 12.5 Å². The van der Waals surface area contributed by atoms with Gasteiger partial charge in [0.2, 0.25) is 0 Å². The van der Waals surface area contributed by atoms with E-state index in [2.05, 4.69) is 35.2 Å². The van der Waals surface area contributed by atoms with Crippen LogP contribution < -0.4 is 5.32 Å². The molecular formula is C28H34N4O2. The highest BCUT2D eigenvalue weighted by molar-refractivity contribution is 6.09. The molecule has 0 saturated carbocycles. The van der Waals surface area contributed by atoms with E-state index < -0.39 is 0 Å². The number of hydrogen-bond acceptors (Lipinski definition) is 5. The highest BCUT2D eigenvalue weighted by Crippen LogP contribution is 2.38. The zero-order valence-corrected chi connectivity index (χ0v) is 20.2. The first-order valence-electron chi connectivity index (χ1n) is 12.4. The van der Waals surface area contributed by atoms with E-state index >= 15 is 0 Å². The number of furan rings is 1. The Bertz CT molecular complexity index is 1180. The summed E-state index contributed by atoms with van der Waals surface area (Å²) >= 11 is 0. The first kappa shape index (κ1) is 22.8. The van der Waals surface area contributed by atoms with Gasteiger partial charge in [-0.1, -0.05) is 25.1 Å². The van der Waals surface area contributed by atoms with Crippen molar-refractivity contribution in [2.45, 2.75) is 26.2 Å². The van der Waals surface area contributed by atoms with E-state index in [9.17, 15) is 4.79 Å². The number of allylic oxidation sites excluding steroid dienone is 1. The van der Waals surface area contributed by atoms with Crippen LogP contribution in [0.15, 0.2) is 47.1 Å². The van der Waals surface area contributed by atoms with Crippen molar-refractivity contribution in [2.24, 2.45) is 5.92 Å². The Balaban J connectivity index is 1.40. The van der Waals surface area contributed by atoms with Crippen molar-refractivity contribution in [3.05, 3.63) is 65.2 Å². The van der Waals surface area contributed by atoms with Gasteiger partial charge in [0.05, 0.1) is 23.0 Å². The predicted octanol–water partition coefficient (Wildman–Crippen LogP) is 4.32. The van der Waals surface area contributed by atoms with Gasteiger partial charge in [0, 0.05) is 38.1 Å². The minimum absolute atomic E-state index is 0.0136. The molecule has 2 aromatic heterocycles. The molecule has 1 unspecified atom stereocenters. The molecule has 1 N–H and O–H groups in total. The van der Waals surface area contributed by atoms with Crippen LogP contribution in [0.4, 0.5) is 0 Å². The van der Waals surface area contributed by atoms with Gasteiger partial charge < -0.3 is 19.5 Å². The van der Waals surface area contributed by atoms with Gasteiger partial charge in [-0.2, -0.15) is 0 Å². The van der Waals surface area contributed by atoms with Crippen molar-refractivity contribution in [1.82, 2.24) is 20.1 Å². The number of carbonyl (C=O) groups is 1. The Morgan fingerprint density at radius 1 is 1.15 bits per heavy atom. The van der Waals surface area contributed by atoms with Gasteiger partial charge in [-0.25, -0.2) is 4.98 Å². The van der Waals surface area contributed by atoms with E-state index in [1.54, 1.807) is 6.26 Å². The first-order valence-corrected chi connectivity index (χ1v) is 12.4. The molecule has 6 nitrogen and oxygen atoms in total. The standard InChI is InChI=1S/C28H34N4O2/c1-20-17-21(19-22-7-5-16-34-22)27-24(18-20)26(23-8-3-4-9-25(23)30-27)28(33)29-10-6-11-32-14-12-31(2)13-15-32/h3-5,7-9,16,19-20H,6,10-15,17-18H2,1-2H3,(H,29,33). The van der Waals surface area contributed by atoms with Gasteiger partial charge in [0.1, 0.15) is 5.76 Å². The molecule has 0 radical (unpaired) electrons. The molecule has 34 heavy (non-hydrogen) atoms. The highest BCUT2D eigenvalue weighted by Gasteiger charge is 2.28. The van der Waals surface area contributed by atoms with Gasteiger partial charge >= 0.3 is 0 Å².